The summed E-state index contributed by atoms with van der Waals surface area (Å²) >= 11 is 5.86. The quantitative estimate of drug-likeness (QED) is 0.781. The molecule has 0 atom stereocenters. The van der Waals surface area contributed by atoms with Crippen LogP contribution in [0.25, 0.3) is 22.8 Å². The molecule has 0 amide bonds. The Balaban J connectivity index is 2.02. The van der Waals surface area contributed by atoms with Gasteiger partial charge in [-0.15, -0.1) is 0 Å². The summed E-state index contributed by atoms with van der Waals surface area (Å²) in [6.07, 6.45) is 3.42. The summed E-state index contributed by atoms with van der Waals surface area (Å²) in [7, 11) is 0. The molecule has 100 valence electrons. The van der Waals surface area contributed by atoms with E-state index < -0.39 is 0 Å². The normalized spacial score (nSPS) is 10.7. The van der Waals surface area contributed by atoms with Crippen LogP contribution in [0, 0.1) is 6.92 Å². The molecule has 2 aromatic heterocycles. The monoisotopic (exact) mass is 287 g/mol. The number of aromatic hydroxyl groups is 1. The maximum absolute atomic E-state index is 9.40. The molecule has 0 aliphatic heterocycles. The van der Waals surface area contributed by atoms with E-state index in [4.69, 9.17) is 16.1 Å². The lowest BCUT2D eigenvalue weighted by Gasteiger charge is -1.98. The number of nitrogens with zero attached hydrogens (tertiary/aromatic N) is 3. The SMILES string of the molecule is Cc1cnccc1-c1noc(-c2ccc(O)c(Cl)c2)n1. The highest BCUT2D eigenvalue weighted by Crippen LogP contribution is 2.29. The number of pyridine rings is 1. The first-order valence-electron chi connectivity index (χ1n) is 5.89. The van der Waals surface area contributed by atoms with E-state index in [1.54, 1.807) is 24.5 Å². The van der Waals surface area contributed by atoms with E-state index in [0.29, 0.717) is 17.3 Å². The first-order valence-corrected chi connectivity index (χ1v) is 6.26. The molecule has 3 rings (SSSR count). The molecule has 0 fully saturated rings. The van der Waals surface area contributed by atoms with Crippen LogP contribution in [0.3, 0.4) is 0 Å². The molecule has 2 heterocycles. The van der Waals surface area contributed by atoms with Crippen LogP contribution in [0.4, 0.5) is 0 Å². The van der Waals surface area contributed by atoms with Gasteiger partial charge in [0.1, 0.15) is 5.75 Å². The Bertz CT molecular complexity index is 771. The third kappa shape index (κ3) is 2.23. The van der Waals surface area contributed by atoms with Gasteiger partial charge in [-0.25, -0.2) is 0 Å². The Hall–Kier alpha value is -2.40. The minimum Gasteiger partial charge on any atom is -0.506 e. The van der Waals surface area contributed by atoms with Gasteiger partial charge in [-0.2, -0.15) is 4.98 Å². The summed E-state index contributed by atoms with van der Waals surface area (Å²) in [5.41, 5.74) is 2.47. The van der Waals surface area contributed by atoms with Crippen molar-refractivity contribution in [3.8, 4) is 28.6 Å². The summed E-state index contributed by atoms with van der Waals surface area (Å²) in [4.78, 5) is 8.36. The lowest BCUT2D eigenvalue weighted by atomic mass is 10.1. The predicted molar refractivity (Wildman–Crippen MR) is 74.4 cm³/mol. The minimum atomic E-state index is 0.0140. The van der Waals surface area contributed by atoms with Crippen LogP contribution in [0.2, 0.25) is 5.02 Å². The van der Waals surface area contributed by atoms with Gasteiger partial charge >= 0.3 is 0 Å². The topological polar surface area (TPSA) is 72.0 Å². The molecule has 0 spiro atoms. The fraction of sp³-hybridized carbons (Fsp3) is 0.0714. The van der Waals surface area contributed by atoms with Gasteiger partial charge in [-0.05, 0) is 36.8 Å². The van der Waals surface area contributed by atoms with Crippen molar-refractivity contribution in [2.45, 2.75) is 6.92 Å². The second kappa shape index (κ2) is 4.94. The Kier molecular flexibility index (Phi) is 3.12. The number of rotatable bonds is 2. The van der Waals surface area contributed by atoms with Gasteiger partial charge in [-0.1, -0.05) is 16.8 Å². The van der Waals surface area contributed by atoms with Crippen LogP contribution >= 0.6 is 11.6 Å². The van der Waals surface area contributed by atoms with Crippen molar-refractivity contribution in [3.05, 3.63) is 47.2 Å². The van der Waals surface area contributed by atoms with E-state index >= 15 is 0 Å². The first kappa shape index (κ1) is 12.6. The molecule has 20 heavy (non-hydrogen) atoms. The smallest absolute Gasteiger partial charge is 0.258 e. The van der Waals surface area contributed by atoms with Gasteiger partial charge in [0.15, 0.2) is 0 Å². The molecule has 0 radical (unpaired) electrons. The van der Waals surface area contributed by atoms with Crippen LogP contribution in [0.1, 0.15) is 5.56 Å². The molecule has 3 aromatic rings. The highest BCUT2D eigenvalue weighted by atomic mass is 35.5. The Morgan fingerprint density at radius 1 is 1.25 bits per heavy atom. The molecule has 0 unspecified atom stereocenters. The number of aryl methyl sites for hydroxylation is 1. The summed E-state index contributed by atoms with van der Waals surface area (Å²) in [6, 6.07) is 6.55. The van der Waals surface area contributed by atoms with Crippen LogP contribution in [-0.2, 0) is 0 Å². The van der Waals surface area contributed by atoms with E-state index in [0.717, 1.165) is 11.1 Å². The van der Waals surface area contributed by atoms with E-state index in [1.165, 1.54) is 6.07 Å². The van der Waals surface area contributed by atoms with Gasteiger partial charge in [0, 0.05) is 23.5 Å². The van der Waals surface area contributed by atoms with Crippen molar-refractivity contribution < 1.29 is 9.63 Å². The Morgan fingerprint density at radius 3 is 2.85 bits per heavy atom. The fourth-order valence-corrected chi connectivity index (χ4v) is 1.99. The predicted octanol–water partition coefficient (Wildman–Crippen LogP) is 3.47. The van der Waals surface area contributed by atoms with Crippen molar-refractivity contribution in [2.24, 2.45) is 0 Å². The van der Waals surface area contributed by atoms with E-state index in [-0.39, 0.29) is 10.8 Å². The molecule has 0 aliphatic carbocycles. The molecule has 0 saturated heterocycles. The zero-order valence-electron chi connectivity index (χ0n) is 10.5. The minimum absolute atomic E-state index is 0.0140. The number of hydrogen-bond acceptors (Lipinski definition) is 5. The highest BCUT2D eigenvalue weighted by Gasteiger charge is 2.13. The number of phenolic OH excluding ortho intramolecular Hbond substituents is 1. The van der Waals surface area contributed by atoms with Gasteiger partial charge in [-0.3, -0.25) is 4.98 Å². The van der Waals surface area contributed by atoms with Crippen molar-refractivity contribution >= 4 is 11.6 Å². The number of hydrogen-bond donors (Lipinski definition) is 1. The number of aromatic nitrogens is 3. The molecule has 0 saturated carbocycles. The van der Waals surface area contributed by atoms with Crippen molar-refractivity contribution in [2.75, 3.05) is 0 Å². The fourth-order valence-electron chi connectivity index (χ4n) is 1.81. The number of phenols is 1. The van der Waals surface area contributed by atoms with E-state index in [1.807, 2.05) is 13.0 Å². The second-order valence-corrected chi connectivity index (χ2v) is 4.69. The van der Waals surface area contributed by atoms with Crippen LogP contribution in [0.15, 0.2) is 41.2 Å². The summed E-state index contributed by atoms with van der Waals surface area (Å²) in [6.45, 7) is 1.93. The number of halogens is 1. The average molecular weight is 288 g/mol. The van der Waals surface area contributed by atoms with Crippen molar-refractivity contribution in [1.29, 1.82) is 0 Å². The standard InChI is InChI=1S/C14H10ClN3O2/c1-8-7-16-5-4-10(8)13-17-14(20-18-13)9-2-3-12(19)11(15)6-9/h2-7,19H,1H3. The van der Waals surface area contributed by atoms with Gasteiger partial charge < -0.3 is 9.63 Å². The molecule has 0 aliphatic rings. The zero-order chi connectivity index (χ0) is 14.1. The van der Waals surface area contributed by atoms with Gasteiger partial charge in [0.05, 0.1) is 5.02 Å². The molecule has 0 bridgehead atoms. The maximum Gasteiger partial charge on any atom is 0.258 e. The molecule has 1 aromatic carbocycles. The molecule has 6 heteroatoms. The second-order valence-electron chi connectivity index (χ2n) is 4.28. The lowest BCUT2D eigenvalue weighted by Crippen LogP contribution is -1.86. The van der Waals surface area contributed by atoms with Crippen LogP contribution in [0.5, 0.6) is 5.75 Å². The third-order valence-corrected chi connectivity index (χ3v) is 3.18. The van der Waals surface area contributed by atoms with Crippen molar-refractivity contribution in [1.82, 2.24) is 15.1 Å². The lowest BCUT2D eigenvalue weighted by molar-refractivity contribution is 0.432. The molecular formula is C14H10ClN3O2. The highest BCUT2D eigenvalue weighted by molar-refractivity contribution is 6.32. The summed E-state index contributed by atoms with van der Waals surface area (Å²) in [5.74, 6) is 0.849. The first-order chi connectivity index (χ1) is 9.65. The molecule has 5 nitrogen and oxygen atoms in total. The van der Waals surface area contributed by atoms with Gasteiger partial charge in [0.25, 0.3) is 5.89 Å². The average Bonchev–Trinajstić information content (AvgIpc) is 2.92. The molecular weight excluding hydrogens is 278 g/mol. The van der Waals surface area contributed by atoms with Gasteiger partial charge in [0.2, 0.25) is 5.82 Å². The number of benzene rings is 1. The summed E-state index contributed by atoms with van der Waals surface area (Å²) in [5, 5.41) is 13.6. The van der Waals surface area contributed by atoms with E-state index in [2.05, 4.69) is 15.1 Å². The Labute approximate surface area is 119 Å². The van der Waals surface area contributed by atoms with Crippen molar-refractivity contribution in [3.63, 3.8) is 0 Å². The summed E-state index contributed by atoms with van der Waals surface area (Å²) < 4.78 is 5.23. The molecule has 1 N–H and O–H groups in total. The zero-order valence-corrected chi connectivity index (χ0v) is 11.3. The van der Waals surface area contributed by atoms with Crippen LogP contribution in [-0.4, -0.2) is 20.2 Å². The maximum atomic E-state index is 9.40. The third-order valence-electron chi connectivity index (χ3n) is 2.88. The van der Waals surface area contributed by atoms with Crippen LogP contribution < -0.4 is 0 Å². The Morgan fingerprint density at radius 2 is 2.10 bits per heavy atom. The van der Waals surface area contributed by atoms with E-state index in [9.17, 15) is 5.11 Å². The largest absolute Gasteiger partial charge is 0.506 e.